The first-order valence-electron chi connectivity index (χ1n) is 8.46. The molecule has 0 radical (unpaired) electrons. The zero-order valence-corrected chi connectivity index (χ0v) is 14.7. The van der Waals surface area contributed by atoms with E-state index in [2.05, 4.69) is 10.6 Å². The number of rotatable bonds is 5. The molecule has 1 heterocycles. The van der Waals surface area contributed by atoms with Crippen molar-refractivity contribution in [2.75, 3.05) is 35.3 Å². The van der Waals surface area contributed by atoms with Crippen LogP contribution >= 0.6 is 0 Å². The number of anilines is 3. The summed E-state index contributed by atoms with van der Waals surface area (Å²) in [5, 5.41) is 5.35. The number of benzene rings is 2. The van der Waals surface area contributed by atoms with E-state index in [0.717, 1.165) is 0 Å². The molecule has 140 valence electrons. The fraction of sp³-hybridized carbons (Fsp3) is 0.211. The number of carbonyl (C=O) groups is 3. The molecule has 2 aromatic rings. The standard InChI is InChI=1S/C19H19N3O5/c1-2-26-18(24)21-14-8-6-13(7-9-14)17(23)20-15-4-3-5-16(12-15)22-10-11-27-19(22)25/h3-9,12H,2,10-11H2,1H3,(H,20,23)(H,21,24). The van der Waals surface area contributed by atoms with Crippen molar-refractivity contribution in [1.29, 1.82) is 0 Å². The Kier molecular flexibility index (Phi) is 5.55. The molecule has 0 aliphatic carbocycles. The summed E-state index contributed by atoms with van der Waals surface area (Å²) in [7, 11) is 0. The number of hydrogen-bond acceptors (Lipinski definition) is 5. The maximum Gasteiger partial charge on any atom is 0.414 e. The van der Waals surface area contributed by atoms with Gasteiger partial charge < -0.3 is 14.8 Å². The van der Waals surface area contributed by atoms with Gasteiger partial charge in [0.25, 0.3) is 5.91 Å². The SMILES string of the molecule is CCOC(=O)Nc1ccc(C(=O)Nc2cccc(N3CCOC3=O)c2)cc1. The Morgan fingerprint density at radius 1 is 1.11 bits per heavy atom. The average molecular weight is 369 g/mol. The van der Waals surface area contributed by atoms with Crippen molar-refractivity contribution in [2.24, 2.45) is 0 Å². The summed E-state index contributed by atoms with van der Waals surface area (Å²) in [5.74, 6) is -0.307. The van der Waals surface area contributed by atoms with Gasteiger partial charge in [-0.1, -0.05) is 6.07 Å². The molecule has 3 amide bonds. The molecule has 0 unspecified atom stereocenters. The Bertz CT molecular complexity index is 851. The third-order valence-corrected chi connectivity index (χ3v) is 3.85. The third kappa shape index (κ3) is 4.55. The normalized spacial score (nSPS) is 13.1. The monoisotopic (exact) mass is 369 g/mol. The lowest BCUT2D eigenvalue weighted by Crippen LogP contribution is -2.23. The third-order valence-electron chi connectivity index (χ3n) is 3.85. The topological polar surface area (TPSA) is 97.0 Å². The summed E-state index contributed by atoms with van der Waals surface area (Å²) in [6.45, 7) is 2.82. The van der Waals surface area contributed by atoms with E-state index in [0.29, 0.717) is 35.8 Å². The molecule has 8 nitrogen and oxygen atoms in total. The molecule has 3 rings (SSSR count). The predicted octanol–water partition coefficient (Wildman–Crippen LogP) is 3.46. The molecule has 1 aliphatic heterocycles. The van der Waals surface area contributed by atoms with Crippen LogP contribution in [0.1, 0.15) is 17.3 Å². The van der Waals surface area contributed by atoms with Gasteiger partial charge in [-0.15, -0.1) is 0 Å². The number of nitrogens with zero attached hydrogens (tertiary/aromatic N) is 1. The lowest BCUT2D eigenvalue weighted by molar-refractivity contribution is 0.102. The summed E-state index contributed by atoms with van der Waals surface area (Å²) >= 11 is 0. The quantitative estimate of drug-likeness (QED) is 0.841. The van der Waals surface area contributed by atoms with Gasteiger partial charge in [-0.25, -0.2) is 9.59 Å². The molecule has 0 spiro atoms. The summed E-state index contributed by atoms with van der Waals surface area (Å²) in [5.41, 5.74) is 2.17. The van der Waals surface area contributed by atoms with Crippen LogP contribution in [0.2, 0.25) is 0 Å². The molecule has 0 bridgehead atoms. The summed E-state index contributed by atoms with van der Waals surface area (Å²) in [4.78, 5) is 37.0. The zero-order chi connectivity index (χ0) is 19.2. The van der Waals surface area contributed by atoms with Crippen LogP contribution in [0.5, 0.6) is 0 Å². The number of cyclic esters (lactones) is 1. The van der Waals surface area contributed by atoms with Crippen LogP contribution in [0.3, 0.4) is 0 Å². The van der Waals surface area contributed by atoms with E-state index >= 15 is 0 Å². The Morgan fingerprint density at radius 2 is 1.89 bits per heavy atom. The minimum absolute atomic E-state index is 0.278. The molecule has 27 heavy (non-hydrogen) atoms. The van der Waals surface area contributed by atoms with Gasteiger partial charge in [0, 0.05) is 22.6 Å². The fourth-order valence-electron chi connectivity index (χ4n) is 2.57. The summed E-state index contributed by atoms with van der Waals surface area (Å²) in [6, 6.07) is 13.4. The van der Waals surface area contributed by atoms with Gasteiger partial charge in [-0.05, 0) is 49.4 Å². The second-order valence-electron chi connectivity index (χ2n) is 5.69. The van der Waals surface area contributed by atoms with E-state index in [4.69, 9.17) is 9.47 Å². The lowest BCUT2D eigenvalue weighted by Gasteiger charge is -2.14. The number of hydrogen-bond donors (Lipinski definition) is 2. The molecule has 1 saturated heterocycles. The fourth-order valence-corrected chi connectivity index (χ4v) is 2.57. The Labute approximate surface area is 156 Å². The van der Waals surface area contributed by atoms with E-state index < -0.39 is 12.2 Å². The smallest absolute Gasteiger partial charge is 0.414 e. The van der Waals surface area contributed by atoms with E-state index in [-0.39, 0.29) is 12.5 Å². The van der Waals surface area contributed by atoms with Crippen molar-refractivity contribution < 1.29 is 23.9 Å². The number of nitrogens with one attached hydrogen (secondary N) is 2. The van der Waals surface area contributed by atoms with Crippen molar-refractivity contribution in [3.05, 3.63) is 54.1 Å². The van der Waals surface area contributed by atoms with Crippen LogP contribution in [0.4, 0.5) is 26.7 Å². The van der Waals surface area contributed by atoms with Crippen LogP contribution in [-0.4, -0.2) is 37.9 Å². The van der Waals surface area contributed by atoms with E-state index in [1.54, 1.807) is 55.5 Å². The molecule has 0 saturated carbocycles. The van der Waals surface area contributed by atoms with Gasteiger partial charge in [0.1, 0.15) is 6.61 Å². The van der Waals surface area contributed by atoms with Crippen LogP contribution in [0, 0.1) is 0 Å². The molecule has 0 atom stereocenters. The highest BCUT2D eigenvalue weighted by molar-refractivity contribution is 6.05. The van der Waals surface area contributed by atoms with Crippen molar-refractivity contribution in [3.8, 4) is 0 Å². The van der Waals surface area contributed by atoms with Crippen LogP contribution in [-0.2, 0) is 9.47 Å². The maximum atomic E-state index is 12.4. The number of amides is 3. The van der Waals surface area contributed by atoms with Crippen LogP contribution in [0.25, 0.3) is 0 Å². The minimum atomic E-state index is -0.549. The average Bonchev–Trinajstić information content (AvgIpc) is 3.08. The molecular formula is C19H19N3O5. The van der Waals surface area contributed by atoms with Gasteiger partial charge in [0.05, 0.1) is 13.2 Å². The van der Waals surface area contributed by atoms with Crippen molar-refractivity contribution >= 4 is 35.2 Å². The second-order valence-corrected chi connectivity index (χ2v) is 5.69. The molecule has 2 aromatic carbocycles. The van der Waals surface area contributed by atoms with Crippen molar-refractivity contribution in [1.82, 2.24) is 0 Å². The van der Waals surface area contributed by atoms with Gasteiger partial charge >= 0.3 is 12.2 Å². The first kappa shape index (κ1) is 18.2. The van der Waals surface area contributed by atoms with Crippen molar-refractivity contribution in [2.45, 2.75) is 6.92 Å². The van der Waals surface area contributed by atoms with Gasteiger partial charge in [-0.2, -0.15) is 0 Å². The van der Waals surface area contributed by atoms with Gasteiger partial charge in [0.15, 0.2) is 0 Å². The van der Waals surface area contributed by atoms with Gasteiger partial charge in [-0.3, -0.25) is 15.0 Å². The zero-order valence-electron chi connectivity index (χ0n) is 14.7. The second kappa shape index (κ2) is 8.22. The van der Waals surface area contributed by atoms with E-state index in [1.807, 2.05) is 0 Å². The highest BCUT2D eigenvalue weighted by atomic mass is 16.6. The van der Waals surface area contributed by atoms with Crippen molar-refractivity contribution in [3.63, 3.8) is 0 Å². The Balaban J connectivity index is 1.65. The summed E-state index contributed by atoms with van der Waals surface area (Å²) < 4.78 is 9.72. The minimum Gasteiger partial charge on any atom is -0.450 e. The first-order chi connectivity index (χ1) is 13.1. The number of ether oxygens (including phenoxy) is 2. The molecule has 0 aromatic heterocycles. The molecule has 8 heteroatoms. The van der Waals surface area contributed by atoms with Gasteiger partial charge in [0.2, 0.25) is 0 Å². The lowest BCUT2D eigenvalue weighted by atomic mass is 10.2. The molecular weight excluding hydrogens is 350 g/mol. The Morgan fingerprint density at radius 3 is 2.56 bits per heavy atom. The first-order valence-corrected chi connectivity index (χ1v) is 8.46. The van der Waals surface area contributed by atoms with Crippen LogP contribution in [0.15, 0.2) is 48.5 Å². The largest absolute Gasteiger partial charge is 0.450 e. The number of carbonyl (C=O) groups excluding carboxylic acids is 3. The summed E-state index contributed by atoms with van der Waals surface area (Å²) in [6.07, 6.45) is -0.949. The highest BCUT2D eigenvalue weighted by Crippen LogP contribution is 2.23. The van der Waals surface area contributed by atoms with E-state index in [9.17, 15) is 14.4 Å². The predicted molar refractivity (Wildman–Crippen MR) is 100 cm³/mol. The molecule has 1 fully saturated rings. The highest BCUT2D eigenvalue weighted by Gasteiger charge is 2.23. The molecule has 1 aliphatic rings. The molecule has 2 N–H and O–H groups in total. The maximum absolute atomic E-state index is 12.4. The Hall–Kier alpha value is -3.55. The van der Waals surface area contributed by atoms with E-state index in [1.165, 1.54) is 4.90 Å². The van der Waals surface area contributed by atoms with Crippen LogP contribution < -0.4 is 15.5 Å².